The van der Waals surface area contributed by atoms with Crippen LogP contribution in [0.2, 0.25) is 0 Å². The molecule has 1 fully saturated rings. The van der Waals surface area contributed by atoms with Gasteiger partial charge in [-0.2, -0.15) is 0 Å². The topological polar surface area (TPSA) is 79.5 Å². The molecule has 5 nitrogen and oxygen atoms in total. The minimum absolute atomic E-state index is 0.0731. The first-order valence-corrected chi connectivity index (χ1v) is 5.66. The number of guanidine groups is 1. The van der Waals surface area contributed by atoms with E-state index in [9.17, 15) is 4.79 Å². The molecule has 1 aromatic rings. The second-order valence-corrected chi connectivity index (χ2v) is 4.00. The molecule has 17 heavy (non-hydrogen) atoms. The lowest BCUT2D eigenvalue weighted by atomic mass is 10.1. The van der Waals surface area contributed by atoms with Crippen LogP contribution in [0, 0.1) is 0 Å². The Balaban J connectivity index is 1.91. The van der Waals surface area contributed by atoms with Crippen LogP contribution in [0.1, 0.15) is 12.8 Å². The van der Waals surface area contributed by atoms with Crippen LogP contribution in [-0.2, 0) is 4.79 Å². The van der Waals surface area contributed by atoms with Crippen molar-refractivity contribution in [3.8, 4) is 0 Å². The van der Waals surface area contributed by atoms with E-state index < -0.39 is 0 Å². The summed E-state index contributed by atoms with van der Waals surface area (Å²) >= 11 is 0. The molecule has 0 aliphatic carbocycles. The summed E-state index contributed by atoms with van der Waals surface area (Å²) in [4.78, 5) is 15.3. The molecule has 1 aliphatic heterocycles. The summed E-state index contributed by atoms with van der Waals surface area (Å²) in [5.74, 6) is 0.475. The number of hydrogen-bond acceptors (Lipinski definition) is 2. The SMILES string of the molecule is NC(=NC1CCC(=O)NC1)Nc1ccccc1. The molecule has 0 aromatic heterocycles. The largest absolute Gasteiger partial charge is 0.370 e. The molecule has 1 unspecified atom stereocenters. The van der Waals surface area contributed by atoms with E-state index in [1.54, 1.807) is 0 Å². The van der Waals surface area contributed by atoms with E-state index in [-0.39, 0.29) is 11.9 Å². The molecule has 1 aromatic carbocycles. The minimum atomic E-state index is 0.0731. The quantitative estimate of drug-likeness (QED) is 0.518. The number of rotatable bonds is 2. The molecule has 4 N–H and O–H groups in total. The van der Waals surface area contributed by atoms with Crippen LogP contribution in [0.15, 0.2) is 35.3 Å². The van der Waals surface area contributed by atoms with E-state index in [0.29, 0.717) is 18.9 Å². The zero-order valence-electron chi connectivity index (χ0n) is 9.52. The molecular formula is C12H16N4O. The van der Waals surface area contributed by atoms with Gasteiger partial charge < -0.3 is 16.4 Å². The highest BCUT2D eigenvalue weighted by molar-refractivity contribution is 5.92. The number of anilines is 1. The second-order valence-electron chi connectivity index (χ2n) is 4.00. The van der Waals surface area contributed by atoms with Crippen LogP contribution in [0.4, 0.5) is 5.69 Å². The zero-order chi connectivity index (χ0) is 12.1. The maximum atomic E-state index is 11.0. The maximum Gasteiger partial charge on any atom is 0.220 e. The number of nitrogens with two attached hydrogens (primary N) is 1. The standard InChI is InChI=1S/C12H16N4O/c13-12(15-9-4-2-1-3-5-9)16-10-6-7-11(17)14-8-10/h1-5,10H,6-8H2,(H,14,17)(H3,13,15,16). The highest BCUT2D eigenvalue weighted by Crippen LogP contribution is 2.08. The van der Waals surface area contributed by atoms with Crippen molar-refractivity contribution in [3.63, 3.8) is 0 Å². The molecule has 0 saturated carbocycles. The van der Waals surface area contributed by atoms with Crippen molar-refractivity contribution in [2.45, 2.75) is 18.9 Å². The Hall–Kier alpha value is -2.04. The van der Waals surface area contributed by atoms with Crippen molar-refractivity contribution >= 4 is 17.6 Å². The highest BCUT2D eigenvalue weighted by atomic mass is 16.1. The molecule has 5 heteroatoms. The molecule has 1 amide bonds. The van der Waals surface area contributed by atoms with Gasteiger partial charge >= 0.3 is 0 Å². The normalized spacial score (nSPS) is 20.8. The molecule has 1 heterocycles. The molecule has 0 bridgehead atoms. The zero-order valence-corrected chi connectivity index (χ0v) is 9.52. The Labute approximate surface area is 100 Å². The number of nitrogens with zero attached hydrogens (tertiary/aromatic N) is 1. The summed E-state index contributed by atoms with van der Waals surface area (Å²) in [7, 11) is 0. The Kier molecular flexibility index (Phi) is 3.59. The molecule has 90 valence electrons. The third-order valence-electron chi connectivity index (χ3n) is 2.61. The van der Waals surface area contributed by atoms with Crippen LogP contribution in [-0.4, -0.2) is 24.5 Å². The van der Waals surface area contributed by atoms with Crippen molar-refractivity contribution in [2.75, 3.05) is 11.9 Å². The highest BCUT2D eigenvalue weighted by Gasteiger charge is 2.17. The number of benzene rings is 1. The monoisotopic (exact) mass is 232 g/mol. The second kappa shape index (κ2) is 5.34. The van der Waals surface area contributed by atoms with Crippen molar-refractivity contribution < 1.29 is 4.79 Å². The van der Waals surface area contributed by atoms with Gasteiger partial charge in [0.2, 0.25) is 5.91 Å². The van der Waals surface area contributed by atoms with Gasteiger partial charge in [0.1, 0.15) is 0 Å². The molecule has 1 aliphatic rings. The number of aliphatic imine (C=N–C) groups is 1. The van der Waals surface area contributed by atoms with Crippen LogP contribution in [0.3, 0.4) is 0 Å². The van der Waals surface area contributed by atoms with Gasteiger partial charge in [0.05, 0.1) is 6.04 Å². The van der Waals surface area contributed by atoms with E-state index in [2.05, 4.69) is 15.6 Å². The molecule has 0 spiro atoms. The van der Waals surface area contributed by atoms with Crippen molar-refractivity contribution in [3.05, 3.63) is 30.3 Å². The van der Waals surface area contributed by atoms with Gasteiger partial charge in [0.25, 0.3) is 0 Å². The Morgan fingerprint density at radius 2 is 2.18 bits per heavy atom. The number of amides is 1. The third-order valence-corrected chi connectivity index (χ3v) is 2.61. The Morgan fingerprint density at radius 1 is 1.41 bits per heavy atom. The predicted molar refractivity (Wildman–Crippen MR) is 67.7 cm³/mol. The van der Waals surface area contributed by atoms with Crippen molar-refractivity contribution in [1.82, 2.24) is 5.32 Å². The lowest BCUT2D eigenvalue weighted by Gasteiger charge is -2.19. The first kappa shape index (κ1) is 11.4. The Bertz CT molecular complexity index is 406. The number of carbonyl (C=O) groups is 1. The van der Waals surface area contributed by atoms with Gasteiger partial charge in [-0.15, -0.1) is 0 Å². The van der Waals surface area contributed by atoms with E-state index in [4.69, 9.17) is 5.73 Å². The van der Waals surface area contributed by atoms with E-state index >= 15 is 0 Å². The minimum Gasteiger partial charge on any atom is -0.370 e. The summed E-state index contributed by atoms with van der Waals surface area (Å²) in [6.07, 6.45) is 1.27. The lowest BCUT2D eigenvalue weighted by molar-refractivity contribution is -0.122. The van der Waals surface area contributed by atoms with Crippen LogP contribution in [0.25, 0.3) is 0 Å². The number of hydrogen-bond donors (Lipinski definition) is 3. The average Bonchev–Trinajstić information content (AvgIpc) is 2.33. The van der Waals surface area contributed by atoms with Crippen LogP contribution < -0.4 is 16.4 Å². The molecule has 1 atom stereocenters. The van der Waals surface area contributed by atoms with Gasteiger partial charge in [-0.1, -0.05) is 18.2 Å². The molecule has 0 radical (unpaired) electrons. The number of para-hydroxylation sites is 1. The smallest absolute Gasteiger partial charge is 0.220 e. The van der Waals surface area contributed by atoms with E-state index in [0.717, 1.165) is 12.1 Å². The summed E-state index contributed by atoms with van der Waals surface area (Å²) < 4.78 is 0. The predicted octanol–water partition coefficient (Wildman–Crippen LogP) is 0.692. The van der Waals surface area contributed by atoms with Crippen molar-refractivity contribution in [1.29, 1.82) is 0 Å². The first-order valence-electron chi connectivity index (χ1n) is 5.66. The summed E-state index contributed by atoms with van der Waals surface area (Å²) in [6, 6.07) is 9.71. The van der Waals surface area contributed by atoms with Gasteiger partial charge in [-0.05, 0) is 18.6 Å². The molecule has 1 saturated heterocycles. The van der Waals surface area contributed by atoms with Gasteiger partial charge in [0, 0.05) is 18.7 Å². The van der Waals surface area contributed by atoms with Crippen LogP contribution >= 0.6 is 0 Å². The summed E-state index contributed by atoms with van der Waals surface area (Å²) in [5.41, 5.74) is 6.71. The van der Waals surface area contributed by atoms with Crippen LogP contribution in [0.5, 0.6) is 0 Å². The Morgan fingerprint density at radius 3 is 2.82 bits per heavy atom. The summed E-state index contributed by atoms with van der Waals surface area (Å²) in [6.45, 7) is 0.565. The van der Waals surface area contributed by atoms with Gasteiger partial charge in [-0.25, -0.2) is 4.99 Å². The summed E-state index contributed by atoms with van der Waals surface area (Å²) in [5, 5.41) is 5.79. The molecule has 2 rings (SSSR count). The number of nitrogens with one attached hydrogen (secondary N) is 2. The van der Waals surface area contributed by atoms with Crippen molar-refractivity contribution in [2.24, 2.45) is 10.7 Å². The van der Waals surface area contributed by atoms with Gasteiger partial charge in [-0.3, -0.25) is 4.79 Å². The van der Waals surface area contributed by atoms with E-state index in [1.807, 2.05) is 30.3 Å². The average molecular weight is 232 g/mol. The number of carbonyl (C=O) groups excluding carboxylic acids is 1. The lowest BCUT2D eigenvalue weighted by Crippen LogP contribution is -2.38. The number of piperidine rings is 1. The third kappa shape index (κ3) is 3.48. The van der Waals surface area contributed by atoms with Gasteiger partial charge in [0.15, 0.2) is 5.96 Å². The first-order chi connectivity index (χ1) is 8.24. The fraction of sp³-hybridized carbons (Fsp3) is 0.333. The fourth-order valence-electron chi connectivity index (χ4n) is 1.73. The maximum absolute atomic E-state index is 11.0. The molecular weight excluding hydrogens is 216 g/mol. The van der Waals surface area contributed by atoms with E-state index in [1.165, 1.54) is 0 Å². The fourth-order valence-corrected chi connectivity index (χ4v) is 1.73.